The number of benzene rings is 2. The Bertz CT molecular complexity index is 1010. The van der Waals surface area contributed by atoms with Crippen molar-refractivity contribution >= 4 is 29.5 Å². The summed E-state index contributed by atoms with van der Waals surface area (Å²) in [4.78, 5) is 12.0. The number of hydrazone groups is 1. The van der Waals surface area contributed by atoms with Gasteiger partial charge in [-0.25, -0.2) is 10.2 Å². The lowest BCUT2D eigenvalue weighted by molar-refractivity contribution is 0.252. The number of nitrogens with zero attached hydrogens (tertiary/aromatic N) is 2. The van der Waals surface area contributed by atoms with Crippen LogP contribution in [0.15, 0.2) is 59.7 Å². The van der Waals surface area contributed by atoms with Crippen molar-refractivity contribution in [1.29, 1.82) is 0 Å². The van der Waals surface area contributed by atoms with Gasteiger partial charge in [0.25, 0.3) is 0 Å². The number of carbonyl (C=O) groups excluding carboxylic acids is 1. The molecule has 0 spiro atoms. The molecule has 0 radical (unpaired) electrons. The van der Waals surface area contributed by atoms with Crippen LogP contribution >= 0.6 is 11.6 Å². The minimum Gasteiger partial charge on any atom is -0.318 e. The number of anilines is 1. The van der Waals surface area contributed by atoms with Gasteiger partial charge < -0.3 is 9.88 Å². The molecule has 2 N–H and O–H groups in total. The van der Waals surface area contributed by atoms with Crippen LogP contribution in [-0.2, 0) is 6.42 Å². The Kier molecular flexibility index (Phi) is 6.16. The van der Waals surface area contributed by atoms with Crippen LogP contribution in [0, 0.1) is 13.8 Å². The first-order chi connectivity index (χ1) is 13.5. The molecule has 0 atom stereocenters. The Morgan fingerprint density at radius 1 is 1.14 bits per heavy atom. The van der Waals surface area contributed by atoms with Gasteiger partial charge in [-0.3, -0.25) is 0 Å². The highest BCUT2D eigenvalue weighted by Crippen LogP contribution is 2.21. The van der Waals surface area contributed by atoms with Gasteiger partial charge in [0, 0.05) is 22.6 Å². The number of nitrogens with one attached hydrogen (secondary N) is 2. The maximum atomic E-state index is 12.0. The van der Waals surface area contributed by atoms with Gasteiger partial charge in [-0.15, -0.1) is 0 Å². The summed E-state index contributed by atoms with van der Waals surface area (Å²) in [5, 5.41) is 7.20. The highest BCUT2D eigenvalue weighted by molar-refractivity contribution is 6.33. The lowest BCUT2D eigenvalue weighted by Gasteiger charge is -2.10. The van der Waals surface area contributed by atoms with Gasteiger partial charge in [-0.2, -0.15) is 5.10 Å². The molecule has 2 amide bonds. The number of halogens is 1. The first kappa shape index (κ1) is 19.7. The Morgan fingerprint density at radius 2 is 1.86 bits per heavy atom. The fourth-order valence-corrected chi connectivity index (χ4v) is 3.25. The first-order valence-corrected chi connectivity index (χ1v) is 9.50. The molecule has 144 valence electrons. The van der Waals surface area contributed by atoms with Crippen molar-refractivity contribution in [3.05, 3.63) is 82.1 Å². The summed E-state index contributed by atoms with van der Waals surface area (Å²) < 4.78 is 2.17. The summed E-state index contributed by atoms with van der Waals surface area (Å²) in [7, 11) is 0. The average Bonchev–Trinajstić information content (AvgIpc) is 2.97. The van der Waals surface area contributed by atoms with E-state index in [0.717, 1.165) is 29.1 Å². The largest absolute Gasteiger partial charge is 0.339 e. The van der Waals surface area contributed by atoms with E-state index in [1.165, 1.54) is 5.56 Å². The zero-order chi connectivity index (χ0) is 20.1. The van der Waals surface area contributed by atoms with Crippen molar-refractivity contribution < 1.29 is 4.79 Å². The fraction of sp³-hybridized carbons (Fsp3) is 0.182. The van der Waals surface area contributed by atoms with Crippen molar-refractivity contribution in [1.82, 2.24) is 9.99 Å². The van der Waals surface area contributed by atoms with Crippen molar-refractivity contribution in [2.45, 2.75) is 27.2 Å². The molecule has 5 nitrogen and oxygen atoms in total. The summed E-state index contributed by atoms with van der Waals surface area (Å²) in [5.74, 6) is 0. The van der Waals surface area contributed by atoms with E-state index < -0.39 is 6.03 Å². The molecule has 0 aliphatic heterocycles. The molecule has 3 rings (SSSR count). The van der Waals surface area contributed by atoms with Gasteiger partial charge >= 0.3 is 6.03 Å². The number of amides is 2. The van der Waals surface area contributed by atoms with Crippen LogP contribution in [0.1, 0.15) is 29.4 Å². The maximum Gasteiger partial charge on any atom is 0.339 e. The van der Waals surface area contributed by atoms with E-state index in [9.17, 15) is 4.79 Å². The van der Waals surface area contributed by atoms with E-state index >= 15 is 0 Å². The third kappa shape index (κ3) is 4.43. The molecular formula is C22H23ClN4O. The van der Waals surface area contributed by atoms with Crippen LogP contribution in [-0.4, -0.2) is 16.8 Å². The lowest BCUT2D eigenvalue weighted by Crippen LogP contribution is -2.24. The lowest BCUT2D eigenvalue weighted by atomic mass is 10.1. The fourth-order valence-electron chi connectivity index (χ4n) is 3.07. The third-order valence-electron chi connectivity index (χ3n) is 4.56. The number of para-hydroxylation sites is 1. The minimum absolute atomic E-state index is 0.451. The molecule has 0 unspecified atom stereocenters. The maximum absolute atomic E-state index is 12.0. The molecule has 2 aromatic carbocycles. The van der Waals surface area contributed by atoms with Gasteiger partial charge in [-0.1, -0.05) is 42.8 Å². The van der Waals surface area contributed by atoms with E-state index in [1.54, 1.807) is 30.5 Å². The molecule has 0 aliphatic rings. The number of urea groups is 1. The van der Waals surface area contributed by atoms with Crippen molar-refractivity contribution in [2.24, 2.45) is 5.10 Å². The van der Waals surface area contributed by atoms with Gasteiger partial charge in [0.1, 0.15) is 0 Å². The van der Waals surface area contributed by atoms with Gasteiger partial charge in [0.05, 0.1) is 16.9 Å². The summed E-state index contributed by atoms with van der Waals surface area (Å²) in [6.07, 6.45) is 2.66. The van der Waals surface area contributed by atoms with Gasteiger partial charge in [0.15, 0.2) is 0 Å². The van der Waals surface area contributed by atoms with Gasteiger partial charge in [-0.05, 0) is 56.2 Å². The van der Waals surface area contributed by atoms with E-state index in [1.807, 2.05) is 13.0 Å². The van der Waals surface area contributed by atoms with Crippen LogP contribution in [0.3, 0.4) is 0 Å². The summed E-state index contributed by atoms with van der Waals surface area (Å²) in [6.45, 7) is 6.23. The van der Waals surface area contributed by atoms with E-state index in [4.69, 9.17) is 11.6 Å². The summed E-state index contributed by atoms with van der Waals surface area (Å²) in [6, 6.07) is 17.1. The SMILES string of the molecule is CCc1ccc(-n2c(C)cc(/C=N/NC(=O)Nc3ccccc3Cl)c2C)cc1. The molecule has 1 aromatic heterocycles. The van der Waals surface area contributed by atoms with Crippen LogP contribution in [0.2, 0.25) is 5.02 Å². The molecule has 1 heterocycles. The Labute approximate surface area is 170 Å². The average molecular weight is 395 g/mol. The Balaban J connectivity index is 1.70. The Hall–Kier alpha value is -3.05. The quantitative estimate of drug-likeness (QED) is 0.437. The number of carbonyl (C=O) groups is 1. The van der Waals surface area contributed by atoms with Crippen molar-refractivity contribution in [3.63, 3.8) is 0 Å². The molecule has 0 saturated carbocycles. The van der Waals surface area contributed by atoms with Gasteiger partial charge in [0.2, 0.25) is 0 Å². The molecule has 6 heteroatoms. The van der Waals surface area contributed by atoms with E-state index in [0.29, 0.717) is 10.7 Å². The smallest absolute Gasteiger partial charge is 0.318 e. The predicted octanol–water partition coefficient (Wildman–Crippen LogP) is 5.47. The van der Waals surface area contributed by atoms with Crippen molar-refractivity contribution in [2.75, 3.05) is 5.32 Å². The number of aryl methyl sites for hydroxylation is 2. The zero-order valence-electron chi connectivity index (χ0n) is 16.2. The molecule has 0 aliphatic carbocycles. The first-order valence-electron chi connectivity index (χ1n) is 9.12. The second-order valence-corrected chi connectivity index (χ2v) is 6.89. The highest BCUT2D eigenvalue weighted by Gasteiger charge is 2.10. The van der Waals surface area contributed by atoms with Crippen LogP contribution in [0.25, 0.3) is 5.69 Å². The minimum atomic E-state index is -0.451. The normalized spacial score (nSPS) is 11.0. The van der Waals surface area contributed by atoms with Crippen LogP contribution < -0.4 is 10.7 Å². The number of hydrogen-bond acceptors (Lipinski definition) is 2. The highest BCUT2D eigenvalue weighted by atomic mass is 35.5. The summed E-state index contributed by atoms with van der Waals surface area (Å²) >= 11 is 6.03. The molecule has 28 heavy (non-hydrogen) atoms. The van der Waals surface area contributed by atoms with Crippen LogP contribution in [0.4, 0.5) is 10.5 Å². The molecule has 0 saturated heterocycles. The molecular weight excluding hydrogens is 372 g/mol. The van der Waals surface area contributed by atoms with E-state index in [-0.39, 0.29) is 0 Å². The zero-order valence-corrected chi connectivity index (χ0v) is 16.9. The number of hydrogen-bond donors (Lipinski definition) is 2. The molecule has 0 fully saturated rings. The number of rotatable bonds is 5. The van der Waals surface area contributed by atoms with Crippen LogP contribution in [0.5, 0.6) is 0 Å². The molecule has 3 aromatic rings. The number of aromatic nitrogens is 1. The van der Waals surface area contributed by atoms with E-state index in [2.05, 4.69) is 58.5 Å². The Morgan fingerprint density at radius 3 is 2.54 bits per heavy atom. The predicted molar refractivity (Wildman–Crippen MR) is 116 cm³/mol. The van der Waals surface area contributed by atoms with Crippen molar-refractivity contribution in [3.8, 4) is 5.69 Å². The molecule has 0 bridgehead atoms. The topological polar surface area (TPSA) is 58.4 Å². The monoisotopic (exact) mass is 394 g/mol. The standard InChI is InChI=1S/C22H23ClN4O/c1-4-17-9-11-19(12-10-17)27-15(2)13-18(16(27)3)14-24-26-22(28)25-21-8-6-5-7-20(21)23/h5-14H,4H2,1-3H3,(H2,25,26,28)/b24-14+. The second kappa shape index (κ2) is 8.76. The third-order valence-corrected chi connectivity index (χ3v) is 4.89. The summed E-state index contributed by atoms with van der Waals surface area (Å²) in [5.41, 5.74) is 8.51. The second-order valence-electron chi connectivity index (χ2n) is 6.49.